The summed E-state index contributed by atoms with van der Waals surface area (Å²) in [6.07, 6.45) is 0. The SMILES string of the molecule is COc1ccc(Cl)cc1NC(=O)C(C)Sc1n[nH]c(-c2ccc(C)cc2)n1. The molecule has 2 N–H and O–H groups in total. The summed E-state index contributed by atoms with van der Waals surface area (Å²) in [5.74, 6) is 1.02. The third kappa shape index (κ3) is 4.81. The minimum atomic E-state index is -0.407. The minimum Gasteiger partial charge on any atom is -0.495 e. The van der Waals surface area contributed by atoms with Gasteiger partial charge in [0, 0.05) is 10.6 Å². The molecule has 6 nitrogen and oxygen atoms in total. The van der Waals surface area contributed by atoms with Crippen molar-refractivity contribution < 1.29 is 9.53 Å². The van der Waals surface area contributed by atoms with Crippen molar-refractivity contribution in [2.24, 2.45) is 0 Å². The van der Waals surface area contributed by atoms with Crippen molar-refractivity contribution in [2.45, 2.75) is 24.3 Å². The molecule has 8 heteroatoms. The zero-order valence-electron chi connectivity index (χ0n) is 15.1. The molecule has 1 atom stereocenters. The monoisotopic (exact) mass is 402 g/mol. The van der Waals surface area contributed by atoms with Gasteiger partial charge < -0.3 is 10.1 Å². The lowest BCUT2D eigenvalue weighted by Crippen LogP contribution is -2.22. The van der Waals surface area contributed by atoms with Crippen molar-refractivity contribution in [3.05, 3.63) is 53.1 Å². The molecule has 0 fully saturated rings. The van der Waals surface area contributed by atoms with E-state index in [2.05, 4.69) is 20.5 Å². The number of nitrogens with one attached hydrogen (secondary N) is 2. The van der Waals surface area contributed by atoms with Crippen molar-refractivity contribution in [2.75, 3.05) is 12.4 Å². The van der Waals surface area contributed by atoms with Crippen LogP contribution in [0.5, 0.6) is 5.75 Å². The molecule has 0 spiro atoms. The molecule has 140 valence electrons. The van der Waals surface area contributed by atoms with Gasteiger partial charge in [-0.25, -0.2) is 4.98 Å². The summed E-state index contributed by atoms with van der Waals surface area (Å²) in [4.78, 5) is 17.0. The van der Waals surface area contributed by atoms with E-state index in [0.29, 0.717) is 27.4 Å². The number of hydrogen-bond acceptors (Lipinski definition) is 5. The number of carbonyl (C=O) groups excluding carboxylic acids is 1. The van der Waals surface area contributed by atoms with Gasteiger partial charge >= 0.3 is 0 Å². The fourth-order valence-electron chi connectivity index (χ4n) is 2.36. The summed E-state index contributed by atoms with van der Waals surface area (Å²) in [6, 6.07) is 13.0. The van der Waals surface area contributed by atoms with E-state index in [0.717, 1.165) is 5.56 Å². The van der Waals surface area contributed by atoms with Gasteiger partial charge in [0.15, 0.2) is 5.82 Å². The third-order valence-corrected chi connectivity index (χ3v) is 5.06. The largest absolute Gasteiger partial charge is 0.495 e. The fourth-order valence-corrected chi connectivity index (χ4v) is 3.26. The Morgan fingerprint density at radius 3 is 2.70 bits per heavy atom. The third-order valence-electron chi connectivity index (χ3n) is 3.86. The number of aromatic amines is 1. The summed E-state index contributed by atoms with van der Waals surface area (Å²) in [6.45, 7) is 3.82. The molecule has 3 aromatic rings. The molecule has 2 aromatic carbocycles. The molecular formula is C19H19ClN4O2S. The standard InChI is InChI=1S/C19H19ClN4O2S/c1-11-4-6-13(7-5-11)17-22-19(24-23-17)27-12(2)18(25)21-15-10-14(20)8-9-16(15)26-3/h4-10,12H,1-3H3,(H,21,25)(H,22,23,24). The molecule has 1 amide bonds. The van der Waals surface area contributed by atoms with Crippen LogP contribution in [0.2, 0.25) is 5.02 Å². The van der Waals surface area contributed by atoms with Gasteiger partial charge in [-0.1, -0.05) is 53.2 Å². The number of rotatable bonds is 6. The first-order valence-corrected chi connectivity index (χ1v) is 9.52. The number of amides is 1. The Morgan fingerprint density at radius 1 is 1.26 bits per heavy atom. The van der Waals surface area contributed by atoms with Crippen LogP contribution < -0.4 is 10.1 Å². The molecule has 0 aliphatic rings. The van der Waals surface area contributed by atoms with Crippen LogP contribution in [0, 0.1) is 6.92 Å². The Morgan fingerprint density at radius 2 is 2.00 bits per heavy atom. The molecule has 0 bridgehead atoms. The summed E-state index contributed by atoms with van der Waals surface area (Å²) in [5.41, 5.74) is 2.65. The predicted octanol–water partition coefficient (Wildman–Crippen LogP) is 4.56. The molecule has 27 heavy (non-hydrogen) atoms. The average molecular weight is 403 g/mol. The van der Waals surface area contributed by atoms with E-state index in [-0.39, 0.29) is 5.91 Å². The molecule has 3 rings (SSSR count). The zero-order valence-corrected chi connectivity index (χ0v) is 16.7. The number of ether oxygens (including phenoxy) is 1. The number of hydrogen-bond donors (Lipinski definition) is 2. The van der Waals surface area contributed by atoms with Crippen LogP contribution in [0.4, 0.5) is 5.69 Å². The highest BCUT2D eigenvalue weighted by atomic mass is 35.5. The Kier molecular flexibility index (Phi) is 6.03. The van der Waals surface area contributed by atoms with Crippen molar-refractivity contribution in [1.82, 2.24) is 15.2 Å². The molecule has 0 saturated carbocycles. The van der Waals surface area contributed by atoms with Crippen LogP contribution in [0.25, 0.3) is 11.4 Å². The second kappa shape index (κ2) is 8.45. The quantitative estimate of drug-likeness (QED) is 0.591. The summed E-state index contributed by atoms with van der Waals surface area (Å²) in [7, 11) is 1.54. The molecule has 1 aromatic heterocycles. The number of nitrogens with zero attached hydrogens (tertiary/aromatic N) is 2. The summed E-state index contributed by atoms with van der Waals surface area (Å²) < 4.78 is 5.25. The molecule has 1 unspecified atom stereocenters. The second-order valence-electron chi connectivity index (χ2n) is 5.93. The number of thioether (sulfide) groups is 1. The lowest BCUT2D eigenvalue weighted by Gasteiger charge is -2.13. The second-order valence-corrected chi connectivity index (χ2v) is 7.67. The molecular weight excluding hydrogens is 384 g/mol. The van der Waals surface area contributed by atoms with Crippen LogP contribution in [0.15, 0.2) is 47.6 Å². The topological polar surface area (TPSA) is 79.9 Å². The smallest absolute Gasteiger partial charge is 0.237 e. The molecule has 0 aliphatic heterocycles. The van der Waals surface area contributed by atoms with Crippen LogP contribution >= 0.6 is 23.4 Å². The van der Waals surface area contributed by atoms with Crippen molar-refractivity contribution >= 4 is 35.0 Å². The minimum absolute atomic E-state index is 0.192. The van der Waals surface area contributed by atoms with E-state index in [9.17, 15) is 4.79 Å². The summed E-state index contributed by atoms with van der Waals surface area (Å²) >= 11 is 7.27. The maximum atomic E-state index is 12.5. The highest BCUT2D eigenvalue weighted by molar-refractivity contribution is 8.00. The van der Waals surface area contributed by atoms with E-state index < -0.39 is 5.25 Å². The van der Waals surface area contributed by atoms with E-state index in [4.69, 9.17) is 16.3 Å². The van der Waals surface area contributed by atoms with Crippen molar-refractivity contribution in [1.29, 1.82) is 0 Å². The van der Waals surface area contributed by atoms with Crippen LogP contribution in [0.3, 0.4) is 0 Å². The molecule has 0 aliphatic carbocycles. The average Bonchev–Trinajstić information content (AvgIpc) is 3.11. The van der Waals surface area contributed by atoms with E-state index in [1.54, 1.807) is 25.1 Å². The Balaban J connectivity index is 1.67. The van der Waals surface area contributed by atoms with Gasteiger partial charge in [0.05, 0.1) is 18.0 Å². The first-order chi connectivity index (χ1) is 13.0. The number of H-pyrrole nitrogens is 1. The Hall–Kier alpha value is -2.51. The lowest BCUT2D eigenvalue weighted by atomic mass is 10.1. The van der Waals surface area contributed by atoms with Crippen molar-refractivity contribution in [3.63, 3.8) is 0 Å². The number of benzene rings is 2. The van der Waals surface area contributed by atoms with Gasteiger partial charge in [-0.3, -0.25) is 9.89 Å². The van der Waals surface area contributed by atoms with Gasteiger partial charge in [-0.2, -0.15) is 0 Å². The molecule has 0 radical (unpaired) electrons. The van der Waals surface area contributed by atoms with Crippen LogP contribution in [-0.2, 0) is 4.79 Å². The maximum Gasteiger partial charge on any atom is 0.237 e. The molecule has 0 saturated heterocycles. The first-order valence-electron chi connectivity index (χ1n) is 8.27. The highest BCUT2D eigenvalue weighted by Crippen LogP contribution is 2.29. The van der Waals surface area contributed by atoms with Gasteiger partial charge in [-0.05, 0) is 32.0 Å². The van der Waals surface area contributed by atoms with E-state index in [1.165, 1.54) is 24.4 Å². The predicted molar refractivity (Wildman–Crippen MR) is 109 cm³/mol. The van der Waals surface area contributed by atoms with E-state index >= 15 is 0 Å². The van der Waals surface area contributed by atoms with Crippen molar-refractivity contribution in [3.8, 4) is 17.1 Å². The summed E-state index contributed by atoms with van der Waals surface area (Å²) in [5, 5.41) is 10.6. The Bertz CT molecular complexity index is 943. The normalized spacial score (nSPS) is 11.9. The molecule has 1 heterocycles. The first kappa shape index (κ1) is 19.3. The number of carbonyl (C=O) groups is 1. The van der Waals surface area contributed by atoms with Crippen LogP contribution in [-0.4, -0.2) is 33.4 Å². The Labute approximate surface area is 166 Å². The fraction of sp³-hybridized carbons (Fsp3) is 0.211. The van der Waals surface area contributed by atoms with Gasteiger partial charge in [0.2, 0.25) is 11.1 Å². The number of aromatic nitrogens is 3. The van der Waals surface area contributed by atoms with E-state index in [1.807, 2.05) is 31.2 Å². The lowest BCUT2D eigenvalue weighted by molar-refractivity contribution is -0.115. The highest BCUT2D eigenvalue weighted by Gasteiger charge is 2.19. The van der Waals surface area contributed by atoms with Gasteiger partial charge in [0.25, 0.3) is 0 Å². The number of halogens is 1. The number of anilines is 1. The zero-order chi connectivity index (χ0) is 19.4. The van der Waals surface area contributed by atoms with Gasteiger partial charge in [0.1, 0.15) is 5.75 Å². The number of aryl methyl sites for hydroxylation is 1. The maximum absolute atomic E-state index is 12.5. The number of methoxy groups -OCH3 is 1. The van der Waals surface area contributed by atoms with Crippen LogP contribution in [0.1, 0.15) is 12.5 Å². The van der Waals surface area contributed by atoms with Gasteiger partial charge in [-0.15, -0.1) is 5.10 Å².